The Kier molecular flexibility index (Phi) is 4.87. The lowest BCUT2D eigenvalue weighted by molar-refractivity contribution is 0.668. The molecule has 0 unspecified atom stereocenters. The molecule has 0 aliphatic rings. The number of para-hydroxylation sites is 2. The van der Waals surface area contributed by atoms with E-state index in [9.17, 15) is 28.8 Å². The Morgan fingerprint density at radius 3 is 0.922 bits per heavy atom. The van der Waals surface area contributed by atoms with Crippen molar-refractivity contribution in [2.75, 3.05) is 0 Å². The summed E-state index contributed by atoms with van der Waals surface area (Å²) in [4.78, 5) is 0. The van der Waals surface area contributed by atoms with Crippen LogP contribution in [0.5, 0.6) is 0 Å². The minimum Gasteiger partial charge on any atom is -0.456 e. The molecule has 0 atom stereocenters. The van der Waals surface area contributed by atoms with Crippen LogP contribution in [0.1, 0.15) is 74.0 Å². The highest BCUT2D eigenvalue weighted by Gasteiger charge is 2.21. The van der Waals surface area contributed by atoms with Crippen LogP contribution in [-0.4, -0.2) is 0 Å². The molecule has 2 heteroatoms. The lowest BCUT2D eigenvalue weighted by Gasteiger charge is -2.18. The van der Waals surface area contributed by atoms with Gasteiger partial charge in [-0.05, 0) is 184 Å². The predicted octanol–water partition coefficient (Wildman–Crippen LogP) is 25.2. The second-order valence-electron chi connectivity index (χ2n) is 19.5. The first-order valence-electron chi connectivity index (χ1n) is 53.6. The van der Waals surface area contributed by atoms with Crippen molar-refractivity contribution in [2.24, 2.45) is 0 Å². The van der Waals surface area contributed by atoms with E-state index in [4.69, 9.17) is 54.1 Å². The summed E-state index contributed by atoms with van der Waals surface area (Å²) >= 11 is 0. The van der Waals surface area contributed by atoms with Crippen LogP contribution < -0.4 is 0 Å². The van der Waals surface area contributed by atoms with Gasteiger partial charge < -0.3 is 8.83 Å². The van der Waals surface area contributed by atoms with Gasteiger partial charge in [-0.25, -0.2) is 0 Å². The van der Waals surface area contributed by atoms with Crippen LogP contribution in [0.15, 0.2) is 335 Å². The number of benzene rings is 17. The molecule has 0 radical (unpaired) electrons. The van der Waals surface area contributed by atoms with Gasteiger partial charge in [0, 0.05) is 21.5 Å². The lowest BCUT2D eigenvalue weighted by atomic mass is 9.85. The summed E-state index contributed by atoms with van der Waals surface area (Å²) in [7, 11) is 0. The lowest BCUT2D eigenvalue weighted by Crippen LogP contribution is -1.91. The van der Waals surface area contributed by atoms with Crippen molar-refractivity contribution in [3.05, 3.63) is 326 Å². The van der Waals surface area contributed by atoms with E-state index in [0.717, 1.165) is 0 Å². The molecule has 0 saturated carbocycles. The summed E-state index contributed by atoms with van der Waals surface area (Å²) in [5.74, 6) is 0. The molecule has 418 valence electrons. The second kappa shape index (κ2) is 21.0. The van der Waals surface area contributed by atoms with Crippen molar-refractivity contribution in [3.8, 4) is 66.8 Å². The Hall–Kier alpha value is -11.8. The third-order valence-corrected chi connectivity index (χ3v) is 14.6. The maximum atomic E-state index is 9.64. The van der Waals surface area contributed by atoms with Crippen molar-refractivity contribution in [1.82, 2.24) is 0 Å². The van der Waals surface area contributed by atoms with Gasteiger partial charge in [-0.3, -0.25) is 0 Å². The summed E-state index contributed by atoms with van der Waals surface area (Å²) in [6, 6.07) is -49.0. The van der Waals surface area contributed by atoms with Gasteiger partial charge in [0.05, 0.1) is 74.0 Å². The first-order valence-corrected chi connectivity index (χ1v) is 26.6. The zero-order chi connectivity index (χ0) is 106. The second-order valence-corrected chi connectivity index (χ2v) is 19.5. The molecule has 0 aliphatic carbocycles. The maximum Gasteiger partial charge on any atom is 0.135 e. The van der Waals surface area contributed by atoms with E-state index in [2.05, 4.69) is 0 Å². The number of furan rings is 2. The molecule has 0 saturated heterocycles. The SMILES string of the molecule is [2H]c1c([2H])c(-c2c3c([2H])c([2H])c([2H])c([2H])c3c(-c3c([2H])c([2H])c4oc5c([2H])c([2H])c([2H])c([2H])c5c4c3[2H])c3c([2H])c([2H])c([2H])c([2H])c23)c([2H])c([2H])c1-c1c([2H])c([2H])c([2H])c2c([2H])c([2H])c([2H])c([2H])c12.[2H]c1c([2H])c(-c2c3c([2H])c([2H])c([2H])c([2H])c3c(-c3c([2H])c([2H])c4oc5c([2H])c([2H])c([2H])c([2H])c5c4c3[2H])c3c([2H])c([2H])c([2H])c([2H])c23)c([2H])c([2H])c1-c1c([2H])c([2H])c2c([2H])c([2H])c3c([2H])c([2H])c([2H])c([2H])c3c2c1[2H]. The highest BCUT2D eigenvalue weighted by molar-refractivity contribution is 6.24. The molecule has 0 amide bonds. The molecule has 2 aromatic heterocycles. The van der Waals surface area contributed by atoms with Gasteiger partial charge in [-0.2, -0.15) is 0 Å². The third kappa shape index (κ3) is 8.41. The average Bonchev–Trinajstić information content (AvgIpc) is 1.09. The van der Waals surface area contributed by atoms with E-state index in [1.54, 1.807) is 0 Å². The van der Waals surface area contributed by atoms with Gasteiger partial charge in [0.15, 0.2) is 0 Å². The van der Waals surface area contributed by atoms with Crippen LogP contribution in [-0.2, 0) is 0 Å². The Morgan fingerprint density at radius 2 is 0.456 bits per heavy atom. The fourth-order valence-electron chi connectivity index (χ4n) is 10.8. The molecule has 2 nitrogen and oxygen atoms in total. The summed E-state index contributed by atoms with van der Waals surface area (Å²) < 4.78 is 495. The van der Waals surface area contributed by atoms with Crippen molar-refractivity contribution in [3.63, 3.8) is 0 Å². The molecule has 90 heavy (non-hydrogen) atoms. The van der Waals surface area contributed by atoms with Crippen LogP contribution in [0.2, 0.25) is 0 Å². The highest BCUT2D eigenvalue weighted by atomic mass is 16.3. The zero-order valence-electron chi connectivity index (χ0n) is 98.8. The highest BCUT2D eigenvalue weighted by Crippen LogP contribution is 2.48. The maximum absolute atomic E-state index is 9.64. The van der Waals surface area contributed by atoms with Gasteiger partial charge in [0.1, 0.15) is 22.3 Å². The molecular weight excluding hydrogens is 1090 g/mol. The Balaban J connectivity index is 0.000000190. The van der Waals surface area contributed by atoms with Gasteiger partial charge in [0.2, 0.25) is 0 Å². The monoisotopic (exact) mass is 1200 g/mol. The molecule has 17 aromatic carbocycles. The predicted molar refractivity (Wildman–Crippen MR) is 383 cm³/mol. The Morgan fingerprint density at radius 1 is 0.167 bits per heavy atom. The molecule has 0 N–H and O–H groups in total. The van der Waals surface area contributed by atoms with Gasteiger partial charge >= 0.3 is 0 Å². The summed E-state index contributed by atoms with van der Waals surface area (Å²) in [6.07, 6.45) is 0. The minimum absolute atomic E-state index is 0.414. The molecule has 0 aliphatic heterocycles. The van der Waals surface area contributed by atoms with Crippen LogP contribution >= 0.6 is 0 Å². The molecule has 0 fully saturated rings. The Labute approximate surface area is 595 Å². The van der Waals surface area contributed by atoms with Crippen molar-refractivity contribution < 1.29 is 82.9 Å². The van der Waals surface area contributed by atoms with E-state index in [0.29, 0.717) is 0 Å². The largest absolute Gasteiger partial charge is 0.456 e. The number of fused-ring (bicyclic) bond motifs is 14. The summed E-state index contributed by atoms with van der Waals surface area (Å²) in [5, 5.41) is -10.9. The van der Waals surface area contributed by atoms with Gasteiger partial charge in [0.25, 0.3) is 0 Å². The molecule has 2 heterocycles. The first kappa shape index (κ1) is 20.9. The van der Waals surface area contributed by atoms with Crippen LogP contribution in [0.4, 0.5) is 0 Å². The topological polar surface area (TPSA) is 26.3 Å². The van der Waals surface area contributed by atoms with E-state index < -0.39 is 512 Å². The number of rotatable bonds is 6. The van der Waals surface area contributed by atoms with Crippen LogP contribution in [0.3, 0.4) is 0 Å². The van der Waals surface area contributed by atoms with E-state index >= 15 is 0 Å². The normalized spacial score (nSPS) is 20.2. The van der Waals surface area contributed by atoms with Crippen LogP contribution in [0, 0.1) is 0 Å². The zero-order valence-corrected chi connectivity index (χ0v) is 44.8. The molecular formula is C88H54O2. The number of hydrogen-bond donors (Lipinski definition) is 0. The quantitative estimate of drug-likeness (QED) is 0.123. The van der Waals surface area contributed by atoms with Gasteiger partial charge in [-0.1, -0.05) is 284 Å². The third-order valence-electron chi connectivity index (χ3n) is 14.6. The standard InChI is InChI=1S/C46H28O.C42H26O/c1-2-10-35-30(9-1)19-20-31-21-24-33(27-41(31)35)29-17-22-32(23-18-29)45-37-12-3-5-14-39(37)46(40-15-6-4-13-38(40)45)34-25-26-44-42(28-34)36-11-7-8-16-43(36)47-44;1-2-12-31-27(10-1)11-9-18-32(31)28-20-22-29(23-21-28)41-34-14-3-5-16-36(34)42(37-17-6-4-15-35(37)41)30-24-25-40-38(26-30)33-13-7-8-19-39(33)43-40/h1-28H;1-26H/i1D,2D,3D,4D,5D,6D,7D,8D,9D,10D,11D,12D,13D,14D,15D,16D,17D,18D,19D,20D,21D,22D,23D,24D,25D,26D,27D,28D;1D,2D,3D,4D,5D,6D,7D,8D,9D,10D,11D,12D,13D,14D,15D,16D,17D,18D,19D,20D,21D,22D,23D,24D,25D,26D. The van der Waals surface area contributed by atoms with Gasteiger partial charge in [-0.15, -0.1) is 0 Å². The van der Waals surface area contributed by atoms with E-state index in [-0.39, 0.29) is 0 Å². The van der Waals surface area contributed by atoms with E-state index in [1.165, 1.54) is 0 Å². The first-order chi connectivity index (χ1) is 67.1. The van der Waals surface area contributed by atoms with E-state index in [1.807, 2.05) is 0 Å². The number of hydrogen-bond acceptors (Lipinski definition) is 2. The smallest absolute Gasteiger partial charge is 0.135 e. The molecule has 0 spiro atoms. The Bertz CT molecular complexity index is 9260. The summed E-state index contributed by atoms with van der Waals surface area (Å²) in [6.45, 7) is 0. The molecule has 0 bridgehead atoms. The molecule has 19 aromatic rings. The van der Waals surface area contributed by atoms with Crippen LogP contribution in [0.25, 0.3) is 186 Å². The minimum atomic E-state index is -1.11. The fraction of sp³-hybridized carbons (Fsp3) is 0. The molecule has 19 rings (SSSR count). The van der Waals surface area contributed by atoms with Crippen molar-refractivity contribution in [2.45, 2.75) is 0 Å². The van der Waals surface area contributed by atoms with Crippen molar-refractivity contribution >= 4 is 119 Å². The fourth-order valence-corrected chi connectivity index (χ4v) is 10.8. The summed E-state index contributed by atoms with van der Waals surface area (Å²) in [5.41, 5.74) is -11.4. The average molecular weight is 1200 g/mol. The van der Waals surface area contributed by atoms with Crippen molar-refractivity contribution in [1.29, 1.82) is 0 Å².